The first-order valence-corrected chi connectivity index (χ1v) is 17.0. The molecule has 4 atom stereocenters. The lowest BCUT2D eigenvalue weighted by molar-refractivity contribution is -0.171. The number of hydrogen-bond acceptors (Lipinski definition) is 6. The van der Waals surface area contributed by atoms with E-state index < -0.39 is 40.5 Å². The Morgan fingerprint density at radius 1 is 0.979 bits per heavy atom. The van der Waals surface area contributed by atoms with Crippen LogP contribution in [0.5, 0.6) is 0 Å². The van der Waals surface area contributed by atoms with Crippen molar-refractivity contribution in [2.45, 2.75) is 89.9 Å². The highest BCUT2D eigenvalue weighted by Gasteiger charge is 2.49. The Hall–Kier alpha value is -2.66. The quantitative estimate of drug-likeness (QED) is 0.329. The molecule has 0 N–H and O–H groups in total. The van der Waals surface area contributed by atoms with Gasteiger partial charge >= 0.3 is 5.97 Å². The molecule has 0 unspecified atom stereocenters. The van der Waals surface area contributed by atoms with Gasteiger partial charge in [-0.15, -0.1) is 0 Å². The van der Waals surface area contributed by atoms with E-state index >= 15 is 8.78 Å². The standard InChI is InChI=1S/C36H47ClF3N3O4/c1-22-7-8-24(32(40)31(22)39)18-36(6,34(45)47-35(3,4)5)42-13-14-43(23(2)19-42)33(44)29-21-41(26-11-15-46-16-12-26)20-28(29)27-10-9-25(37)17-30(27)38/h7-10,17,23,26,28-29H,11-16,18-21H2,1-6H3/t23-,28-,29+,36-/m0/s1. The number of esters is 1. The van der Waals surface area contributed by atoms with E-state index in [9.17, 15) is 14.0 Å². The number of piperazine rings is 1. The van der Waals surface area contributed by atoms with Crippen LogP contribution in [0.2, 0.25) is 5.02 Å². The Labute approximate surface area is 281 Å². The highest BCUT2D eigenvalue weighted by atomic mass is 35.5. The van der Waals surface area contributed by atoms with Gasteiger partial charge < -0.3 is 14.4 Å². The molecule has 5 rings (SSSR count). The molecule has 0 saturated carbocycles. The van der Waals surface area contributed by atoms with E-state index in [0.717, 1.165) is 12.8 Å². The van der Waals surface area contributed by atoms with Crippen molar-refractivity contribution in [1.82, 2.24) is 14.7 Å². The van der Waals surface area contributed by atoms with Crippen LogP contribution in [0.4, 0.5) is 13.2 Å². The van der Waals surface area contributed by atoms with Gasteiger partial charge in [-0.25, -0.2) is 13.2 Å². The van der Waals surface area contributed by atoms with Crippen LogP contribution in [0, 0.1) is 30.3 Å². The summed E-state index contributed by atoms with van der Waals surface area (Å²) in [7, 11) is 0. The van der Waals surface area contributed by atoms with Crippen molar-refractivity contribution < 1.29 is 32.2 Å². The van der Waals surface area contributed by atoms with Gasteiger partial charge in [0.2, 0.25) is 5.91 Å². The number of carbonyl (C=O) groups excluding carboxylic acids is 2. The molecule has 3 aliphatic heterocycles. The molecule has 3 aliphatic rings. The van der Waals surface area contributed by atoms with Crippen molar-refractivity contribution in [2.24, 2.45) is 5.92 Å². The molecule has 258 valence electrons. The average Bonchev–Trinajstić information content (AvgIpc) is 3.46. The largest absolute Gasteiger partial charge is 0.459 e. The molecule has 3 saturated heterocycles. The summed E-state index contributed by atoms with van der Waals surface area (Å²) in [6.07, 6.45) is 1.62. The number of rotatable bonds is 7. The molecule has 0 bridgehead atoms. The van der Waals surface area contributed by atoms with Crippen LogP contribution in [0.15, 0.2) is 30.3 Å². The molecule has 0 spiro atoms. The van der Waals surface area contributed by atoms with Crippen LogP contribution in [0.1, 0.15) is 70.1 Å². The molecular formula is C36H47ClF3N3O4. The van der Waals surface area contributed by atoms with Gasteiger partial charge in [0.25, 0.3) is 0 Å². The third-order valence-corrected chi connectivity index (χ3v) is 10.3. The number of carbonyl (C=O) groups is 2. The first kappa shape index (κ1) is 35.6. The van der Waals surface area contributed by atoms with E-state index in [1.54, 1.807) is 39.8 Å². The zero-order valence-corrected chi connectivity index (χ0v) is 29.0. The normalized spacial score (nSPS) is 24.7. The summed E-state index contributed by atoms with van der Waals surface area (Å²) in [4.78, 5) is 34.3. The Bertz CT molecular complexity index is 1480. The van der Waals surface area contributed by atoms with Crippen LogP contribution in [0.3, 0.4) is 0 Å². The lowest BCUT2D eigenvalue weighted by atomic mass is 9.86. The van der Waals surface area contributed by atoms with Crippen LogP contribution in [0.25, 0.3) is 0 Å². The molecule has 0 aromatic heterocycles. The maximum Gasteiger partial charge on any atom is 0.327 e. The second kappa shape index (κ2) is 14.1. The fourth-order valence-corrected chi connectivity index (χ4v) is 7.55. The maximum atomic E-state index is 15.3. The van der Waals surface area contributed by atoms with Crippen molar-refractivity contribution in [2.75, 3.05) is 45.9 Å². The summed E-state index contributed by atoms with van der Waals surface area (Å²) in [5.74, 6) is -3.74. The molecule has 2 aromatic rings. The highest BCUT2D eigenvalue weighted by molar-refractivity contribution is 6.30. The van der Waals surface area contributed by atoms with Crippen molar-refractivity contribution in [3.63, 3.8) is 0 Å². The van der Waals surface area contributed by atoms with E-state index in [2.05, 4.69) is 4.90 Å². The van der Waals surface area contributed by atoms with Gasteiger partial charge in [-0.3, -0.25) is 19.4 Å². The number of nitrogens with zero attached hydrogens (tertiary/aromatic N) is 3. The zero-order chi connectivity index (χ0) is 34.3. The van der Waals surface area contributed by atoms with Gasteiger partial charge in [0.15, 0.2) is 11.6 Å². The van der Waals surface area contributed by atoms with Gasteiger partial charge in [-0.2, -0.15) is 0 Å². The van der Waals surface area contributed by atoms with Crippen LogP contribution < -0.4 is 0 Å². The SMILES string of the molecule is Cc1ccc(C[C@@](C)(C(=O)OC(C)(C)C)N2CCN(C(=O)[C@@H]3CN(C4CCOCC4)C[C@H]3c3ccc(Cl)cc3F)[C@@H](C)C2)c(F)c1F. The summed E-state index contributed by atoms with van der Waals surface area (Å²) in [5, 5.41) is 0.305. The molecule has 3 fully saturated rings. The van der Waals surface area contributed by atoms with E-state index in [-0.39, 0.29) is 41.5 Å². The van der Waals surface area contributed by atoms with Crippen molar-refractivity contribution in [3.8, 4) is 0 Å². The molecule has 47 heavy (non-hydrogen) atoms. The highest BCUT2D eigenvalue weighted by Crippen LogP contribution is 2.39. The number of amides is 1. The van der Waals surface area contributed by atoms with Gasteiger partial charge in [-0.05, 0) is 83.2 Å². The lowest BCUT2D eigenvalue weighted by Crippen LogP contribution is -2.65. The molecule has 3 heterocycles. The molecule has 2 aromatic carbocycles. The zero-order valence-electron chi connectivity index (χ0n) is 28.3. The monoisotopic (exact) mass is 677 g/mol. The topological polar surface area (TPSA) is 62.3 Å². The third-order valence-electron chi connectivity index (χ3n) is 10.1. The van der Waals surface area contributed by atoms with E-state index in [1.807, 2.05) is 16.7 Å². The Kier molecular flexibility index (Phi) is 10.7. The minimum absolute atomic E-state index is 0.0586. The lowest BCUT2D eigenvalue weighted by Gasteiger charge is -2.48. The summed E-state index contributed by atoms with van der Waals surface area (Å²) in [6.45, 7) is 13.7. The number of aryl methyl sites for hydroxylation is 1. The fraction of sp³-hybridized carbons (Fsp3) is 0.611. The minimum atomic E-state index is -1.33. The van der Waals surface area contributed by atoms with E-state index in [0.29, 0.717) is 56.5 Å². The van der Waals surface area contributed by atoms with Crippen LogP contribution in [-0.2, 0) is 25.5 Å². The summed E-state index contributed by atoms with van der Waals surface area (Å²) in [5.41, 5.74) is -1.38. The summed E-state index contributed by atoms with van der Waals surface area (Å²) < 4.78 is 56.4. The second-order valence-electron chi connectivity index (χ2n) is 14.6. The number of halogens is 4. The number of hydrogen-bond donors (Lipinski definition) is 0. The van der Waals surface area contributed by atoms with Gasteiger partial charge in [-0.1, -0.05) is 29.8 Å². The fourth-order valence-electron chi connectivity index (χ4n) is 7.39. The first-order valence-electron chi connectivity index (χ1n) is 16.6. The molecular weight excluding hydrogens is 631 g/mol. The molecule has 1 amide bonds. The molecule has 7 nitrogen and oxygen atoms in total. The molecule has 0 aliphatic carbocycles. The number of ether oxygens (including phenoxy) is 2. The summed E-state index contributed by atoms with van der Waals surface area (Å²) in [6, 6.07) is 7.63. The van der Waals surface area contributed by atoms with Gasteiger partial charge in [0, 0.05) is 75.4 Å². The van der Waals surface area contributed by atoms with Gasteiger partial charge in [0.05, 0.1) is 5.92 Å². The maximum absolute atomic E-state index is 15.3. The average molecular weight is 678 g/mol. The predicted molar refractivity (Wildman–Crippen MR) is 175 cm³/mol. The van der Waals surface area contributed by atoms with E-state index in [1.165, 1.54) is 25.1 Å². The number of benzene rings is 2. The Morgan fingerprint density at radius 3 is 2.32 bits per heavy atom. The predicted octanol–water partition coefficient (Wildman–Crippen LogP) is 6.14. The van der Waals surface area contributed by atoms with Crippen LogP contribution >= 0.6 is 11.6 Å². The van der Waals surface area contributed by atoms with Crippen molar-refractivity contribution in [1.29, 1.82) is 0 Å². The van der Waals surface area contributed by atoms with Gasteiger partial charge in [0.1, 0.15) is 17.0 Å². The smallest absolute Gasteiger partial charge is 0.327 e. The molecule has 0 radical (unpaired) electrons. The third kappa shape index (κ3) is 7.66. The molecule has 11 heteroatoms. The second-order valence-corrected chi connectivity index (χ2v) is 15.1. The Balaban J connectivity index is 1.39. The van der Waals surface area contributed by atoms with Crippen molar-refractivity contribution in [3.05, 3.63) is 69.5 Å². The van der Waals surface area contributed by atoms with Crippen molar-refractivity contribution >= 4 is 23.5 Å². The van der Waals surface area contributed by atoms with E-state index in [4.69, 9.17) is 21.1 Å². The first-order chi connectivity index (χ1) is 22.1. The van der Waals surface area contributed by atoms with Crippen LogP contribution in [-0.4, -0.2) is 95.7 Å². The number of likely N-dealkylation sites (tertiary alicyclic amines) is 1. The Morgan fingerprint density at radius 2 is 1.68 bits per heavy atom. The minimum Gasteiger partial charge on any atom is -0.459 e. The summed E-state index contributed by atoms with van der Waals surface area (Å²) >= 11 is 6.08.